The van der Waals surface area contributed by atoms with Crippen LogP contribution >= 0.6 is 35.4 Å². The third-order valence-electron chi connectivity index (χ3n) is 4.48. The van der Waals surface area contributed by atoms with Crippen LogP contribution in [-0.2, 0) is 0 Å². The summed E-state index contributed by atoms with van der Waals surface area (Å²) in [6.07, 6.45) is 1.81. The number of nitrogens with two attached hydrogens (primary N) is 1. The number of anilines is 1. The Kier molecular flexibility index (Phi) is 3.60. The van der Waals surface area contributed by atoms with Gasteiger partial charge in [0, 0.05) is 11.4 Å². The first-order chi connectivity index (χ1) is 11.0. The fourth-order valence-corrected chi connectivity index (χ4v) is 4.01. The SMILES string of the molecule is Nc1ccc(C2=C3CCC(=S)NC3c3ccc(Cl)cc32)cc1Cl. The van der Waals surface area contributed by atoms with Gasteiger partial charge in [0.25, 0.3) is 0 Å². The van der Waals surface area contributed by atoms with Crippen molar-refractivity contribution in [3.8, 4) is 0 Å². The molecule has 0 aromatic heterocycles. The molecule has 1 atom stereocenters. The molecule has 116 valence electrons. The van der Waals surface area contributed by atoms with E-state index >= 15 is 0 Å². The second-order valence-electron chi connectivity index (χ2n) is 5.87. The van der Waals surface area contributed by atoms with Gasteiger partial charge in [-0.3, -0.25) is 0 Å². The van der Waals surface area contributed by atoms with Crippen LogP contribution in [0.15, 0.2) is 42.0 Å². The van der Waals surface area contributed by atoms with Gasteiger partial charge in [0.05, 0.1) is 21.7 Å². The van der Waals surface area contributed by atoms with Crippen molar-refractivity contribution in [2.75, 3.05) is 5.73 Å². The maximum absolute atomic E-state index is 6.24. The van der Waals surface area contributed by atoms with Crippen molar-refractivity contribution in [2.24, 2.45) is 0 Å². The van der Waals surface area contributed by atoms with Crippen LogP contribution in [0.1, 0.15) is 35.6 Å². The summed E-state index contributed by atoms with van der Waals surface area (Å²) in [7, 11) is 0. The summed E-state index contributed by atoms with van der Waals surface area (Å²) >= 11 is 17.9. The van der Waals surface area contributed by atoms with Gasteiger partial charge in [-0.2, -0.15) is 0 Å². The molecule has 1 fully saturated rings. The summed E-state index contributed by atoms with van der Waals surface area (Å²) in [4.78, 5) is 0.913. The molecule has 2 aliphatic rings. The largest absolute Gasteiger partial charge is 0.398 e. The van der Waals surface area contributed by atoms with Crippen LogP contribution in [0.5, 0.6) is 0 Å². The Morgan fingerprint density at radius 1 is 1.09 bits per heavy atom. The van der Waals surface area contributed by atoms with Crippen LogP contribution in [0.2, 0.25) is 10.0 Å². The molecule has 1 heterocycles. The lowest BCUT2D eigenvalue weighted by atomic mass is 9.93. The van der Waals surface area contributed by atoms with Crippen molar-refractivity contribution in [3.05, 3.63) is 68.7 Å². The van der Waals surface area contributed by atoms with Crippen LogP contribution in [0.3, 0.4) is 0 Å². The van der Waals surface area contributed by atoms with Gasteiger partial charge >= 0.3 is 0 Å². The number of thiocarbonyl (C=S) groups is 1. The van der Waals surface area contributed by atoms with E-state index in [2.05, 4.69) is 11.4 Å². The molecule has 3 N–H and O–H groups in total. The van der Waals surface area contributed by atoms with Gasteiger partial charge < -0.3 is 11.1 Å². The molecule has 5 heteroatoms. The van der Waals surface area contributed by atoms with E-state index in [1.54, 1.807) is 0 Å². The zero-order valence-electron chi connectivity index (χ0n) is 12.2. The number of piperidine rings is 1. The average Bonchev–Trinajstić information content (AvgIpc) is 2.83. The number of nitrogens with one attached hydrogen (secondary N) is 1. The lowest BCUT2D eigenvalue weighted by Gasteiger charge is -2.26. The normalized spacial score (nSPS) is 19.4. The molecular weight excluding hydrogens is 347 g/mol. The first-order valence-electron chi connectivity index (χ1n) is 7.42. The van der Waals surface area contributed by atoms with Crippen LogP contribution in [0, 0.1) is 0 Å². The number of rotatable bonds is 1. The van der Waals surface area contributed by atoms with Crippen LogP contribution in [0.25, 0.3) is 5.57 Å². The minimum atomic E-state index is 0.134. The van der Waals surface area contributed by atoms with Gasteiger partial charge in [-0.25, -0.2) is 0 Å². The molecule has 23 heavy (non-hydrogen) atoms. The number of benzene rings is 2. The molecule has 2 aromatic rings. The van der Waals surface area contributed by atoms with Crippen molar-refractivity contribution in [1.29, 1.82) is 0 Å². The van der Waals surface area contributed by atoms with Crippen molar-refractivity contribution in [1.82, 2.24) is 5.32 Å². The van der Waals surface area contributed by atoms with E-state index in [0.717, 1.165) is 34.0 Å². The molecule has 4 rings (SSSR count). The fraction of sp³-hybridized carbons (Fsp3) is 0.167. The summed E-state index contributed by atoms with van der Waals surface area (Å²) in [5.41, 5.74) is 12.4. The molecule has 0 radical (unpaired) electrons. The van der Waals surface area contributed by atoms with E-state index in [-0.39, 0.29) is 6.04 Å². The Bertz CT molecular complexity index is 873. The van der Waals surface area contributed by atoms with E-state index in [9.17, 15) is 0 Å². The molecule has 0 bridgehead atoms. The smallest absolute Gasteiger partial charge is 0.0763 e. The minimum absolute atomic E-state index is 0.134. The highest BCUT2D eigenvalue weighted by Crippen LogP contribution is 2.48. The summed E-state index contributed by atoms with van der Waals surface area (Å²) in [6.45, 7) is 0. The van der Waals surface area contributed by atoms with E-state index in [1.165, 1.54) is 16.7 Å². The number of nitrogen functional groups attached to an aromatic ring is 1. The van der Waals surface area contributed by atoms with Crippen molar-refractivity contribution < 1.29 is 0 Å². The average molecular weight is 361 g/mol. The number of halogens is 2. The zero-order chi connectivity index (χ0) is 16.1. The molecule has 1 aliphatic carbocycles. The van der Waals surface area contributed by atoms with E-state index in [4.69, 9.17) is 41.2 Å². The fourth-order valence-electron chi connectivity index (χ4n) is 3.44. The molecule has 0 saturated carbocycles. The predicted molar refractivity (Wildman–Crippen MR) is 101 cm³/mol. The topological polar surface area (TPSA) is 38.0 Å². The molecule has 1 unspecified atom stereocenters. The molecule has 1 saturated heterocycles. The first kappa shape index (κ1) is 15.0. The third kappa shape index (κ3) is 2.44. The second-order valence-corrected chi connectivity index (χ2v) is 7.21. The molecule has 0 spiro atoms. The number of hydrogen-bond donors (Lipinski definition) is 2. The monoisotopic (exact) mass is 360 g/mol. The van der Waals surface area contributed by atoms with E-state index < -0.39 is 0 Å². The van der Waals surface area contributed by atoms with Crippen LogP contribution in [-0.4, -0.2) is 4.99 Å². The summed E-state index contributed by atoms with van der Waals surface area (Å²) in [5.74, 6) is 0. The summed E-state index contributed by atoms with van der Waals surface area (Å²) in [5, 5.41) is 4.75. The van der Waals surface area contributed by atoms with E-state index in [1.807, 2.05) is 30.3 Å². The van der Waals surface area contributed by atoms with Gasteiger partial charge in [-0.1, -0.05) is 47.6 Å². The van der Waals surface area contributed by atoms with Gasteiger partial charge in [-0.05, 0) is 58.5 Å². The highest BCUT2D eigenvalue weighted by molar-refractivity contribution is 7.80. The first-order valence-corrected chi connectivity index (χ1v) is 8.58. The van der Waals surface area contributed by atoms with Crippen molar-refractivity contribution in [3.63, 3.8) is 0 Å². The molecule has 0 amide bonds. The molecule has 2 nitrogen and oxygen atoms in total. The van der Waals surface area contributed by atoms with Gasteiger partial charge in [0.2, 0.25) is 0 Å². The zero-order valence-corrected chi connectivity index (χ0v) is 14.5. The Hall–Kier alpha value is -1.55. The van der Waals surface area contributed by atoms with Crippen molar-refractivity contribution in [2.45, 2.75) is 18.9 Å². The summed E-state index contributed by atoms with van der Waals surface area (Å²) in [6, 6.07) is 12.0. The van der Waals surface area contributed by atoms with Gasteiger partial charge in [0.1, 0.15) is 0 Å². The number of fused-ring (bicyclic) bond motifs is 3. The van der Waals surface area contributed by atoms with Gasteiger partial charge in [0.15, 0.2) is 0 Å². The molecule has 1 aliphatic heterocycles. The summed E-state index contributed by atoms with van der Waals surface area (Å²) < 4.78 is 0. The molecular formula is C18H14Cl2N2S. The Morgan fingerprint density at radius 2 is 1.91 bits per heavy atom. The Labute approximate surface area is 150 Å². The minimum Gasteiger partial charge on any atom is -0.398 e. The quantitative estimate of drug-likeness (QED) is 0.545. The molecule has 2 aromatic carbocycles. The Morgan fingerprint density at radius 3 is 2.70 bits per heavy atom. The lowest BCUT2D eigenvalue weighted by Crippen LogP contribution is -2.31. The standard InChI is InChI=1S/C18H14Cl2N2S/c19-10-2-3-11-13(8-10)17(9-1-5-15(21)14(20)7-9)12-4-6-16(23)22-18(11)12/h1-3,5,7-8,18H,4,6,21H2,(H,22,23). The van der Waals surface area contributed by atoms with Crippen LogP contribution < -0.4 is 11.1 Å². The highest BCUT2D eigenvalue weighted by Gasteiger charge is 2.34. The Balaban J connectivity index is 1.95. The number of hydrogen-bond acceptors (Lipinski definition) is 2. The van der Waals surface area contributed by atoms with Crippen molar-refractivity contribution >= 4 is 51.7 Å². The second kappa shape index (κ2) is 5.52. The van der Waals surface area contributed by atoms with Crippen LogP contribution in [0.4, 0.5) is 5.69 Å². The van der Waals surface area contributed by atoms with E-state index in [0.29, 0.717) is 10.7 Å². The highest BCUT2D eigenvalue weighted by atomic mass is 35.5. The maximum atomic E-state index is 6.24. The third-order valence-corrected chi connectivity index (χ3v) is 5.37. The maximum Gasteiger partial charge on any atom is 0.0763 e. The lowest BCUT2D eigenvalue weighted by molar-refractivity contribution is 0.679. The van der Waals surface area contributed by atoms with Gasteiger partial charge in [-0.15, -0.1) is 0 Å². The predicted octanol–water partition coefficient (Wildman–Crippen LogP) is 5.14.